The highest BCUT2D eigenvalue weighted by Crippen LogP contribution is 2.34. The van der Waals surface area contributed by atoms with Gasteiger partial charge in [-0.2, -0.15) is 0 Å². The minimum atomic E-state index is 0.387. The molecule has 134 valence electrons. The van der Waals surface area contributed by atoms with Gasteiger partial charge in [-0.05, 0) is 60.9 Å². The van der Waals surface area contributed by atoms with Gasteiger partial charge in [0, 0.05) is 12.0 Å². The predicted octanol–water partition coefficient (Wildman–Crippen LogP) is 5.18. The van der Waals surface area contributed by atoms with Gasteiger partial charge in [-0.25, -0.2) is 0 Å². The van der Waals surface area contributed by atoms with Gasteiger partial charge in [0.15, 0.2) is 0 Å². The third kappa shape index (κ3) is 4.07. The molecule has 1 atom stereocenters. The molecule has 2 aromatic carbocycles. The number of phenols is 1. The molecule has 2 nitrogen and oxygen atoms in total. The summed E-state index contributed by atoms with van der Waals surface area (Å²) in [6, 6.07) is 15.3. The number of piperidine rings is 1. The van der Waals surface area contributed by atoms with Crippen LogP contribution in [0.1, 0.15) is 43.7 Å². The Bertz CT molecular complexity index is 720. The summed E-state index contributed by atoms with van der Waals surface area (Å²) >= 11 is 0. The van der Waals surface area contributed by atoms with Crippen molar-refractivity contribution in [3.05, 3.63) is 53.6 Å². The van der Waals surface area contributed by atoms with E-state index in [-0.39, 0.29) is 0 Å². The van der Waals surface area contributed by atoms with Crippen molar-refractivity contribution in [1.82, 2.24) is 0 Å². The smallest absolute Gasteiger partial charge is 0.123 e. The van der Waals surface area contributed by atoms with Crippen molar-refractivity contribution in [2.24, 2.45) is 0 Å². The van der Waals surface area contributed by atoms with E-state index in [1.165, 1.54) is 48.9 Å². The molecule has 1 unspecified atom stereocenters. The fourth-order valence-corrected chi connectivity index (χ4v) is 4.27. The molecule has 0 saturated carbocycles. The molecule has 1 aliphatic rings. The van der Waals surface area contributed by atoms with Gasteiger partial charge < -0.3 is 9.59 Å². The lowest BCUT2D eigenvalue weighted by atomic mass is 9.90. The Hall–Kier alpha value is -1.80. The molecule has 3 rings (SSSR count). The van der Waals surface area contributed by atoms with Crippen LogP contribution in [-0.4, -0.2) is 36.3 Å². The minimum absolute atomic E-state index is 0.387. The number of aromatic hydroxyl groups is 1. The monoisotopic (exact) mass is 338 g/mol. The number of aryl methyl sites for hydroxylation is 2. The minimum Gasteiger partial charge on any atom is -0.507 e. The summed E-state index contributed by atoms with van der Waals surface area (Å²) < 4.78 is 1.15. The molecule has 0 aromatic heterocycles. The van der Waals surface area contributed by atoms with Crippen LogP contribution in [0.3, 0.4) is 0 Å². The number of likely N-dealkylation sites (tertiary alicyclic amines) is 1. The Kier molecular flexibility index (Phi) is 5.48. The lowest BCUT2D eigenvalue weighted by molar-refractivity contribution is -0.920. The average molecular weight is 339 g/mol. The number of hydrogen-bond donors (Lipinski definition) is 1. The molecule has 25 heavy (non-hydrogen) atoms. The van der Waals surface area contributed by atoms with E-state index in [1.807, 2.05) is 12.1 Å². The zero-order chi connectivity index (χ0) is 17.9. The molecular formula is C23H32NO+. The number of nitrogens with zero attached hydrogens (tertiary/aromatic N) is 1. The zero-order valence-electron chi connectivity index (χ0n) is 16.0. The number of rotatable bonds is 5. The molecule has 1 heterocycles. The van der Waals surface area contributed by atoms with Gasteiger partial charge in [0.25, 0.3) is 0 Å². The summed E-state index contributed by atoms with van der Waals surface area (Å²) in [5, 5.41) is 10.4. The molecule has 0 aliphatic carbocycles. The van der Waals surface area contributed by atoms with Crippen molar-refractivity contribution >= 4 is 0 Å². The van der Waals surface area contributed by atoms with Crippen LogP contribution in [0.4, 0.5) is 0 Å². The van der Waals surface area contributed by atoms with E-state index in [4.69, 9.17) is 0 Å². The van der Waals surface area contributed by atoms with Gasteiger partial charge in [-0.3, -0.25) is 0 Å². The quantitative estimate of drug-likeness (QED) is 0.745. The first kappa shape index (κ1) is 18.0. The zero-order valence-corrected chi connectivity index (χ0v) is 16.0. The maximum Gasteiger partial charge on any atom is 0.123 e. The number of hydrogen-bond acceptors (Lipinski definition) is 1. The first-order valence-corrected chi connectivity index (χ1v) is 9.74. The van der Waals surface area contributed by atoms with Crippen LogP contribution < -0.4 is 0 Å². The van der Waals surface area contributed by atoms with E-state index < -0.39 is 0 Å². The van der Waals surface area contributed by atoms with E-state index in [1.54, 1.807) is 0 Å². The van der Waals surface area contributed by atoms with Gasteiger partial charge in [0.1, 0.15) is 5.75 Å². The molecular weight excluding hydrogens is 306 g/mol. The summed E-state index contributed by atoms with van der Waals surface area (Å²) in [6.07, 6.45) is 7.36. The second kappa shape index (κ2) is 7.61. The van der Waals surface area contributed by atoms with Crippen LogP contribution >= 0.6 is 0 Å². The molecule has 1 N–H and O–H groups in total. The van der Waals surface area contributed by atoms with Gasteiger partial charge in [0.2, 0.25) is 0 Å². The van der Waals surface area contributed by atoms with E-state index >= 15 is 0 Å². The maximum absolute atomic E-state index is 10.4. The summed E-state index contributed by atoms with van der Waals surface area (Å²) in [6.45, 7) is 3.46. The Morgan fingerprint density at radius 1 is 1.04 bits per heavy atom. The largest absolute Gasteiger partial charge is 0.507 e. The van der Waals surface area contributed by atoms with Crippen molar-refractivity contribution in [1.29, 1.82) is 0 Å². The number of phenolic OH excluding ortho intramolecular Hbond substituents is 1. The third-order valence-corrected chi connectivity index (χ3v) is 6.03. The number of benzene rings is 2. The molecule has 1 aliphatic heterocycles. The van der Waals surface area contributed by atoms with Crippen LogP contribution in [0.5, 0.6) is 5.75 Å². The fraction of sp³-hybridized carbons (Fsp3) is 0.478. The summed E-state index contributed by atoms with van der Waals surface area (Å²) in [4.78, 5) is 0. The van der Waals surface area contributed by atoms with Gasteiger partial charge in [-0.15, -0.1) is 0 Å². The maximum atomic E-state index is 10.4. The molecule has 0 amide bonds. The van der Waals surface area contributed by atoms with Crippen molar-refractivity contribution in [2.45, 2.75) is 51.5 Å². The van der Waals surface area contributed by atoms with Crippen LogP contribution in [0.25, 0.3) is 11.1 Å². The highest BCUT2D eigenvalue weighted by Gasteiger charge is 2.31. The van der Waals surface area contributed by atoms with E-state index in [2.05, 4.69) is 51.4 Å². The average Bonchev–Trinajstić information content (AvgIpc) is 2.61. The standard InChI is InChI=1S/C23H31NO/c1-4-18-12-15-23(25)22(17-18)21-11-6-5-9-19(21)13-14-20-10-7-8-16-24(20,2)3/h5-6,9,11-12,15,17,20H,4,7-8,10,13-14,16H2,1-3H3/p+1. The Balaban J connectivity index is 1.84. The normalized spacial score (nSPS) is 19.7. The van der Waals surface area contributed by atoms with Gasteiger partial charge >= 0.3 is 0 Å². The van der Waals surface area contributed by atoms with Crippen molar-refractivity contribution in [3.8, 4) is 16.9 Å². The Labute approximate surface area is 152 Å². The first-order valence-electron chi connectivity index (χ1n) is 9.74. The molecule has 0 bridgehead atoms. The molecule has 2 heteroatoms. The van der Waals surface area contributed by atoms with E-state index in [0.717, 1.165) is 28.9 Å². The van der Waals surface area contributed by atoms with Crippen molar-refractivity contribution in [3.63, 3.8) is 0 Å². The predicted molar refractivity (Wildman–Crippen MR) is 106 cm³/mol. The summed E-state index contributed by atoms with van der Waals surface area (Å²) in [7, 11) is 4.76. The molecule has 0 radical (unpaired) electrons. The number of quaternary nitrogens is 1. The first-order chi connectivity index (χ1) is 12.0. The SMILES string of the molecule is CCc1ccc(O)c(-c2ccccc2CCC2CCCC[N+]2(C)C)c1. The fourth-order valence-electron chi connectivity index (χ4n) is 4.27. The molecule has 0 spiro atoms. The van der Waals surface area contributed by atoms with Crippen LogP contribution in [0, 0.1) is 0 Å². The van der Waals surface area contributed by atoms with Gasteiger partial charge in [-0.1, -0.05) is 37.3 Å². The lowest BCUT2D eigenvalue weighted by Crippen LogP contribution is -2.51. The van der Waals surface area contributed by atoms with E-state index in [0.29, 0.717) is 5.75 Å². The third-order valence-electron chi connectivity index (χ3n) is 6.03. The Morgan fingerprint density at radius 3 is 2.60 bits per heavy atom. The molecule has 1 fully saturated rings. The van der Waals surface area contributed by atoms with E-state index in [9.17, 15) is 5.11 Å². The van der Waals surface area contributed by atoms with Crippen LogP contribution in [0.2, 0.25) is 0 Å². The summed E-state index contributed by atoms with van der Waals surface area (Å²) in [5.41, 5.74) is 4.80. The van der Waals surface area contributed by atoms with Crippen LogP contribution in [0.15, 0.2) is 42.5 Å². The second-order valence-electron chi connectivity index (χ2n) is 8.05. The molecule has 2 aromatic rings. The lowest BCUT2D eigenvalue weighted by Gasteiger charge is -2.42. The second-order valence-corrected chi connectivity index (χ2v) is 8.05. The topological polar surface area (TPSA) is 20.2 Å². The highest BCUT2D eigenvalue weighted by atomic mass is 16.3. The summed E-state index contributed by atoms with van der Waals surface area (Å²) in [5.74, 6) is 0.387. The van der Waals surface area contributed by atoms with Gasteiger partial charge in [0.05, 0.1) is 26.7 Å². The van der Waals surface area contributed by atoms with Crippen LogP contribution in [-0.2, 0) is 12.8 Å². The molecule has 1 saturated heterocycles. The Morgan fingerprint density at radius 2 is 1.84 bits per heavy atom. The highest BCUT2D eigenvalue weighted by molar-refractivity contribution is 5.73. The van der Waals surface area contributed by atoms with Crippen molar-refractivity contribution < 1.29 is 9.59 Å². The van der Waals surface area contributed by atoms with Crippen molar-refractivity contribution in [2.75, 3.05) is 20.6 Å².